The normalized spacial score (nSPS) is 21.6. The van der Waals surface area contributed by atoms with E-state index in [1.165, 1.54) is 18.2 Å². The molecule has 2 saturated heterocycles. The third-order valence-electron chi connectivity index (χ3n) is 5.73. The van der Waals surface area contributed by atoms with Crippen LogP contribution in [0.15, 0.2) is 23.2 Å². The van der Waals surface area contributed by atoms with E-state index in [-0.39, 0.29) is 11.7 Å². The van der Waals surface area contributed by atoms with Crippen LogP contribution in [-0.2, 0) is 0 Å². The molecule has 0 aromatic heterocycles. The first-order chi connectivity index (χ1) is 14.1. The molecule has 1 aromatic rings. The van der Waals surface area contributed by atoms with Crippen LogP contribution in [0, 0.1) is 11.6 Å². The van der Waals surface area contributed by atoms with Crippen molar-refractivity contribution >= 4 is 11.6 Å². The molecule has 2 N–H and O–H groups in total. The Kier molecular flexibility index (Phi) is 8.06. The summed E-state index contributed by atoms with van der Waals surface area (Å²) in [4.78, 5) is 11.4. The number of nitrogens with zero attached hydrogens (tertiary/aromatic N) is 4. The zero-order valence-corrected chi connectivity index (χ0v) is 17.6. The summed E-state index contributed by atoms with van der Waals surface area (Å²) >= 11 is 0. The number of benzene rings is 1. The maximum absolute atomic E-state index is 14.1. The van der Waals surface area contributed by atoms with Crippen LogP contribution in [0.4, 0.5) is 14.5 Å². The number of para-hydroxylation sites is 1. The van der Waals surface area contributed by atoms with Crippen molar-refractivity contribution in [1.29, 1.82) is 0 Å². The number of nitrogens with one attached hydrogen (secondary N) is 2. The van der Waals surface area contributed by atoms with Gasteiger partial charge in [0.2, 0.25) is 0 Å². The van der Waals surface area contributed by atoms with Gasteiger partial charge < -0.3 is 20.4 Å². The molecular formula is C21H34F2N6. The maximum Gasteiger partial charge on any atom is 0.191 e. The lowest BCUT2D eigenvalue weighted by Crippen LogP contribution is -2.47. The molecule has 2 fully saturated rings. The van der Waals surface area contributed by atoms with Gasteiger partial charge in [-0.3, -0.25) is 9.89 Å². The minimum atomic E-state index is -0.505. The summed E-state index contributed by atoms with van der Waals surface area (Å²) in [6, 6.07) is 4.13. The van der Waals surface area contributed by atoms with E-state index in [0.717, 1.165) is 64.7 Å². The van der Waals surface area contributed by atoms with Crippen LogP contribution in [0.25, 0.3) is 0 Å². The Morgan fingerprint density at radius 3 is 2.41 bits per heavy atom. The van der Waals surface area contributed by atoms with Gasteiger partial charge in [-0.25, -0.2) is 8.78 Å². The largest absolute Gasteiger partial charge is 0.365 e. The number of guanidine groups is 1. The van der Waals surface area contributed by atoms with Gasteiger partial charge in [-0.15, -0.1) is 0 Å². The lowest BCUT2D eigenvalue weighted by molar-refractivity contribution is 0.140. The van der Waals surface area contributed by atoms with E-state index in [1.807, 2.05) is 6.92 Å². The second-order valence-corrected chi connectivity index (χ2v) is 7.68. The molecule has 1 atom stereocenters. The van der Waals surface area contributed by atoms with Gasteiger partial charge in [-0.1, -0.05) is 13.0 Å². The first-order valence-electron chi connectivity index (χ1n) is 10.8. The van der Waals surface area contributed by atoms with E-state index >= 15 is 0 Å². The highest BCUT2D eigenvalue weighted by Gasteiger charge is 2.27. The molecule has 0 aliphatic carbocycles. The van der Waals surface area contributed by atoms with Crippen molar-refractivity contribution in [3.63, 3.8) is 0 Å². The maximum atomic E-state index is 14.1. The number of hydrogen-bond donors (Lipinski definition) is 2. The third-order valence-corrected chi connectivity index (χ3v) is 5.73. The Bertz CT molecular complexity index is 655. The fourth-order valence-electron chi connectivity index (χ4n) is 4.02. The summed E-state index contributed by atoms with van der Waals surface area (Å²) in [5.41, 5.74) is 0.0740. The van der Waals surface area contributed by atoms with Gasteiger partial charge in [0, 0.05) is 58.4 Å². The van der Waals surface area contributed by atoms with Gasteiger partial charge in [-0.2, -0.15) is 0 Å². The van der Waals surface area contributed by atoms with Crippen LogP contribution in [0.2, 0.25) is 0 Å². The smallest absolute Gasteiger partial charge is 0.191 e. The van der Waals surface area contributed by atoms with Crippen molar-refractivity contribution in [2.24, 2.45) is 4.99 Å². The fourth-order valence-corrected chi connectivity index (χ4v) is 4.02. The van der Waals surface area contributed by atoms with Crippen molar-refractivity contribution < 1.29 is 8.78 Å². The summed E-state index contributed by atoms with van der Waals surface area (Å²) in [5.74, 6) is -0.232. The van der Waals surface area contributed by atoms with E-state index in [2.05, 4.69) is 27.4 Å². The zero-order valence-electron chi connectivity index (χ0n) is 17.6. The molecule has 0 spiro atoms. The van der Waals surface area contributed by atoms with Gasteiger partial charge in [0.1, 0.15) is 17.3 Å². The number of halogens is 2. The highest BCUT2D eigenvalue weighted by Crippen LogP contribution is 2.26. The number of piperazine rings is 1. The number of rotatable bonds is 7. The first-order valence-corrected chi connectivity index (χ1v) is 10.8. The SMILES string of the molecule is CCNC(=NCCN1CCN(CC)CC1)NC1CCN(c2c(F)cccc2F)C1. The van der Waals surface area contributed by atoms with Crippen LogP contribution in [0.5, 0.6) is 0 Å². The highest BCUT2D eigenvalue weighted by molar-refractivity contribution is 5.80. The first kappa shape index (κ1) is 21.8. The monoisotopic (exact) mass is 408 g/mol. The summed E-state index contributed by atoms with van der Waals surface area (Å²) in [5, 5.41) is 6.72. The molecule has 2 aliphatic rings. The van der Waals surface area contributed by atoms with Crippen LogP contribution in [-0.4, -0.2) is 87.2 Å². The van der Waals surface area contributed by atoms with Crippen LogP contribution in [0.3, 0.4) is 0 Å². The van der Waals surface area contributed by atoms with Crippen LogP contribution >= 0.6 is 0 Å². The summed E-state index contributed by atoms with van der Waals surface area (Å²) < 4.78 is 28.1. The lowest BCUT2D eigenvalue weighted by atomic mass is 10.2. The molecule has 29 heavy (non-hydrogen) atoms. The average molecular weight is 409 g/mol. The summed E-state index contributed by atoms with van der Waals surface area (Å²) in [6.45, 7) is 13.5. The minimum Gasteiger partial charge on any atom is -0.365 e. The molecule has 6 nitrogen and oxygen atoms in total. The number of aliphatic imine (C=N–C) groups is 1. The van der Waals surface area contributed by atoms with Crippen molar-refractivity contribution in [3.05, 3.63) is 29.8 Å². The van der Waals surface area contributed by atoms with Gasteiger partial charge in [0.25, 0.3) is 0 Å². The number of anilines is 1. The zero-order chi connectivity index (χ0) is 20.6. The molecule has 0 saturated carbocycles. The Hall–Kier alpha value is -1.93. The van der Waals surface area contributed by atoms with Gasteiger partial charge in [-0.05, 0) is 32.0 Å². The predicted molar refractivity (Wildman–Crippen MR) is 115 cm³/mol. The molecular weight excluding hydrogens is 374 g/mol. The quantitative estimate of drug-likeness (QED) is 0.532. The van der Waals surface area contributed by atoms with Crippen LogP contribution in [0.1, 0.15) is 20.3 Å². The number of likely N-dealkylation sites (N-methyl/N-ethyl adjacent to an activating group) is 1. The van der Waals surface area contributed by atoms with Crippen molar-refractivity contribution in [2.75, 3.05) is 70.3 Å². The minimum absolute atomic E-state index is 0.0740. The fraction of sp³-hybridized carbons (Fsp3) is 0.667. The third kappa shape index (κ3) is 6.02. The molecule has 0 amide bonds. The molecule has 1 aromatic carbocycles. The highest BCUT2D eigenvalue weighted by atomic mass is 19.1. The van der Waals surface area contributed by atoms with Crippen molar-refractivity contribution in [3.8, 4) is 0 Å². The summed E-state index contributed by atoms with van der Waals surface area (Å²) in [7, 11) is 0. The molecule has 2 aliphatic heterocycles. The van der Waals surface area contributed by atoms with E-state index < -0.39 is 11.6 Å². The van der Waals surface area contributed by atoms with E-state index in [1.54, 1.807) is 4.90 Å². The van der Waals surface area contributed by atoms with Crippen LogP contribution < -0.4 is 15.5 Å². The molecule has 162 valence electrons. The lowest BCUT2D eigenvalue weighted by Gasteiger charge is -2.33. The Balaban J connectivity index is 1.49. The van der Waals surface area contributed by atoms with Gasteiger partial charge >= 0.3 is 0 Å². The average Bonchev–Trinajstić information content (AvgIpc) is 3.16. The summed E-state index contributed by atoms with van der Waals surface area (Å²) in [6.07, 6.45) is 0.817. The second-order valence-electron chi connectivity index (χ2n) is 7.68. The molecule has 3 rings (SSSR count). The molecule has 0 radical (unpaired) electrons. The predicted octanol–water partition coefficient (Wildman–Crippen LogP) is 1.74. The Morgan fingerprint density at radius 1 is 1.07 bits per heavy atom. The molecule has 8 heteroatoms. The second kappa shape index (κ2) is 10.7. The van der Waals surface area contributed by atoms with E-state index in [4.69, 9.17) is 4.99 Å². The van der Waals surface area contributed by atoms with Gasteiger partial charge in [0.05, 0.1) is 6.54 Å². The van der Waals surface area contributed by atoms with E-state index in [9.17, 15) is 8.78 Å². The standard InChI is InChI=1S/C21H34F2N6/c1-3-24-21(25-9-11-28-14-12-27(4-2)13-15-28)26-17-8-10-29(16-17)20-18(22)6-5-7-19(20)23/h5-7,17H,3-4,8-16H2,1-2H3,(H2,24,25,26). The molecule has 1 unspecified atom stereocenters. The van der Waals surface area contributed by atoms with Crippen molar-refractivity contribution in [2.45, 2.75) is 26.3 Å². The Labute approximate surface area is 172 Å². The van der Waals surface area contributed by atoms with Gasteiger partial charge in [0.15, 0.2) is 5.96 Å². The molecule has 2 heterocycles. The van der Waals surface area contributed by atoms with Crippen molar-refractivity contribution in [1.82, 2.24) is 20.4 Å². The number of hydrogen-bond acceptors (Lipinski definition) is 4. The topological polar surface area (TPSA) is 46.1 Å². The Morgan fingerprint density at radius 2 is 1.76 bits per heavy atom. The van der Waals surface area contributed by atoms with E-state index in [0.29, 0.717) is 13.1 Å². The molecule has 0 bridgehead atoms.